The lowest BCUT2D eigenvalue weighted by Crippen LogP contribution is -2.11. The van der Waals surface area contributed by atoms with E-state index >= 15 is 0 Å². The van der Waals surface area contributed by atoms with Crippen LogP contribution >= 0.6 is 0 Å². The number of nitrogens with zero attached hydrogens (tertiary/aromatic N) is 2. The first kappa shape index (κ1) is 12.1. The normalized spacial score (nSPS) is 11.2. The van der Waals surface area contributed by atoms with Gasteiger partial charge in [0.05, 0.1) is 11.0 Å². The third-order valence-electron chi connectivity index (χ3n) is 3.01. The van der Waals surface area contributed by atoms with E-state index in [0.717, 1.165) is 37.9 Å². The molecule has 2 aromatic rings. The van der Waals surface area contributed by atoms with Gasteiger partial charge in [-0.25, -0.2) is 4.98 Å². The second-order valence-electron chi connectivity index (χ2n) is 4.38. The van der Waals surface area contributed by atoms with Gasteiger partial charge in [-0.05, 0) is 38.6 Å². The van der Waals surface area contributed by atoms with Gasteiger partial charge in [0, 0.05) is 13.0 Å². The van der Waals surface area contributed by atoms with Crippen molar-refractivity contribution in [1.29, 1.82) is 0 Å². The van der Waals surface area contributed by atoms with Crippen LogP contribution in [0.4, 0.5) is 0 Å². The number of para-hydroxylation sites is 2. The highest BCUT2D eigenvalue weighted by atomic mass is 15.1. The average Bonchev–Trinajstić information content (AvgIpc) is 2.69. The lowest BCUT2D eigenvalue weighted by molar-refractivity contribution is 0.626. The van der Waals surface area contributed by atoms with Gasteiger partial charge in [-0.3, -0.25) is 0 Å². The number of aryl methyl sites for hydroxylation is 2. The van der Waals surface area contributed by atoms with Crippen LogP contribution in [0.25, 0.3) is 11.0 Å². The Morgan fingerprint density at radius 2 is 2.12 bits per heavy atom. The summed E-state index contributed by atoms with van der Waals surface area (Å²) < 4.78 is 2.37. The van der Waals surface area contributed by atoms with E-state index in [4.69, 9.17) is 4.98 Å². The molecule has 0 amide bonds. The summed E-state index contributed by atoms with van der Waals surface area (Å²) in [7, 11) is 2.00. The minimum Gasteiger partial charge on any atom is -0.328 e. The Hall–Kier alpha value is -1.35. The minimum absolute atomic E-state index is 1.05. The zero-order valence-corrected chi connectivity index (χ0v) is 10.7. The van der Waals surface area contributed by atoms with E-state index in [2.05, 4.69) is 41.1 Å². The fourth-order valence-corrected chi connectivity index (χ4v) is 2.21. The largest absolute Gasteiger partial charge is 0.328 e. The molecule has 0 spiro atoms. The lowest BCUT2D eigenvalue weighted by atomic mass is 10.3. The molecule has 0 aliphatic heterocycles. The molecular formula is C14H21N3. The molecule has 3 heteroatoms. The molecule has 0 fully saturated rings. The molecule has 0 atom stereocenters. The molecule has 0 aliphatic rings. The van der Waals surface area contributed by atoms with Crippen LogP contribution in [0.15, 0.2) is 24.3 Å². The minimum atomic E-state index is 1.05. The van der Waals surface area contributed by atoms with Gasteiger partial charge in [-0.1, -0.05) is 19.1 Å². The van der Waals surface area contributed by atoms with Crippen LogP contribution in [0.5, 0.6) is 0 Å². The van der Waals surface area contributed by atoms with Gasteiger partial charge in [0.1, 0.15) is 5.82 Å². The van der Waals surface area contributed by atoms with Gasteiger partial charge in [-0.15, -0.1) is 0 Å². The summed E-state index contributed by atoms with van der Waals surface area (Å²) in [6.07, 6.45) is 3.35. The van der Waals surface area contributed by atoms with Crippen molar-refractivity contribution in [2.24, 2.45) is 0 Å². The fourth-order valence-electron chi connectivity index (χ4n) is 2.21. The first-order valence-corrected chi connectivity index (χ1v) is 6.45. The number of benzene rings is 1. The molecule has 92 valence electrons. The molecule has 0 aliphatic carbocycles. The number of nitrogens with one attached hydrogen (secondary N) is 1. The number of hydrogen-bond acceptors (Lipinski definition) is 2. The second-order valence-corrected chi connectivity index (χ2v) is 4.38. The van der Waals surface area contributed by atoms with Crippen molar-refractivity contribution in [3.05, 3.63) is 30.1 Å². The summed E-state index contributed by atoms with van der Waals surface area (Å²) in [6.45, 7) is 4.33. The first-order valence-electron chi connectivity index (χ1n) is 6.45. The van der Waals surface area contributed by atoms with E-state index in [0.29, 0.717) is 0 Å². The molecule has 0 radical (unpaired) electrons. The number of hydrogen-bond donors (Lipinski definition) is 1. The van der Waals surface area contributed by atoms with Crippen molar-refractivity contribution in [3.63, 3.8) is 0 Å². The van der Waals surface area contributed by atoms with Gasteiger partial charge in [0.15, 0.2) is 0 Å². The van der Waals surface area contributed by atoms with E-state index < -0.39 is 0 Å². The van der Waals surface area contributed by atoms with E-state index in [9.17, 15) is 0 Å². The summed E-state index contributed by atoms with van der Waals surface area (Å²) in [5, 5.41) is 3.19. The monoisotopic (exact) mass is 231 g/mol. The molecule has 2 rings (SSSR count). The predicted molar refractivity (Wildman–Crippen MR) is 72.3 cm³/mol. The highest BCUT2D eigenvalue weighted by molar-refractivity contribution is 5.75. The molecule has 1 aromatic heterocycles. The number of rotatable bonds is 6. The fraction of sp³-hybridized carbons (Fsp3) is 0.500. The maximum absolute atomic E-state index is 4.74. The van der Waals surface area contributed by atoms with Crippen LogP contribution in [0.1, 0.15) is 25.6 Å². The van der Waals surface area contributed by atoms with Gasteiger partial charge in [-0.2, -0.15) is 0 Å². The third kappa shape index (κ3) is 2.67. The maximum Gasteiger partial charge on any atom is 0.109 e. The van der Waals surface area contributed by atoms with Crippen molar-refractivity contribution in [1.82, 2.24) is 14.9 Å². The lowest BCUT2D eigenvalue weighted by Gasteiger charge is -2.07. The second kappa shape index (κ2) is 5.82. The highest BCUT2D eigenvalue weighted by Gasteiger charge is 2.08. The van der Waals surface area contributed by atoms with Crippen LogP contribution in [0, 0.1) is 0 Å². The van der Waals surface area contributed by atoms with Crippen molar-refractivity contribution >= 4 is 11.0 Å². The summed E-state index contributed by atoms with van der Waals surface area (Å²) in [5.74, 6) is 1.23. The summed E-state index contributed by atoms with van der Waals surface area (Å²) in [5.41, 5.74) is 2.40. The molecule has 0 saturated carbocycles. The Kier molecular flexibility index (Phi) is 4.15. The topological polar surface area (TPSA) is 29.9 Å². The molecule has 1 N–H and O–H groups in total. The predicted octanol–water partition coefficient (Wildman–Crippen LogP) is 2.60. The Morgan fingerprint density at radius 1 is 1.29 bits per heavy atom. The Morgan fingerprint density at radius 3 is 2.88 bits per heavy atom. The van der Waals surface area contributed by atoms with E-state index in [1.54, 1.807) is 0 Å². The molecule has 0 unspecified atom stereocenters. The zero-order valence-electron chi connectivity index (χ0n) is 10.7. The van der Waals surface area contributed by atoms with E-state index in [1.165, 1.54) is 11.3 Å². The van der Waals surface area contributed by atoms with Crippen molar-refractivity contribution in [2.45, 2.75) is 32.7 Å². The molecular weight excluding hydrogens is 210 g/mol. The zero-order chi connectivity index (χ0) is 12.1. The molecule has 1 aromatic carbocycles. The van der Waals surface area contributed by atoms with Crippen molar-refractivity contribution < 1.29 is 0 Å². The number of aromatic nitrogens is 2. The van der Waals surface area contributed by atoms with E-state index in [-0.39, 0.29) is 0 Å². The van der Waals surface area contributed by atoms with Crippen LogP contribution in [0.2, 0.25) is 0 Å². The summed E-state index contributed by atoms with van der Waals surface area (Å²) >= 11 is 0. The Balaban J connectivity index is 2.29. The standard InChI is InChI=1S/C14H21N3/c1-3-11-17-13-8-5-4-7-12(13)16-14(17)9-6-10-15-2/h4-5,7-8,15H,3,6,9-11H2,1-2H3. The Bertz CT molecular complexity index is 473. The van der Waals surface area contributed by atoms with Crippen LogP contribution in [0.3, 0.4) is 0 Å². The molecule has 0 bridgehead atoms. The highest BCUT2D eigenvalue weighted by Crippen LogP contribution is 2.17. The average molecular weight is 231 g/mol. The van der Waals surface area contributed by atoms with Crippen LogP contribution in [-0.4, -0.2) is 23.1 Å². The van der Waals surface area contributed by atoms with Crippen LogP contribution in [-0.2, 0) is 13.0 Å². The first-order chi connectivity index (χ1) is 8.36. The molecule has 17 heavy (non-hydrogen) atoms. The van der Waals surface area contributed by atoms with Crippen molar-refractivity contribution in [2.75, 3.05) is 13.6 Å². The Labute approximate surface area is 103 Å². The summed E-state index contributed by atoms with van der Waals surface area (Å²) in [4.78, 5) is 4.74. The third-order valence-corrected chi connectivity index (χ3v) is 3.01. The van der Waals surface area contributed by atoms with Gasteiger partial charge in [0.25, 0.3) is 0 Å². The molecule has 1 heterocycles. The van der Waals surface area contributed by atoms with Gasteiger partial charge >= 0.3 is 0 Å². The van der Waals surface area contributed by atoms with Gasteiger partial charge in [0.2, 0.25) is 0 Å². The van der Waals surface area contributed by atoms with E-state index in [1.807, 2.05) is 7.05 Å². The number of fused-ring (bicyclic) bond motifs is 1. The van der Waals surface area contributed by atoms with Gasteiger partial charge < -0.3 is 9.88 Å². The molecule has 0 saturated heterocycles. The smallest absolute Gasteiger partial charge is 0.109 e. The number of imidazole rings is 1. The van der Waals surface area contributed by atoms with Crippen LogP contribution < -0.4 is 5.32 Å². The molecule has 3 nitrogen and oxygen atoms in total. The quantitative estimate of drug-likeness (QED) is 0.774. The maximum atomic E-state index is 4.74. The SMILES string of the molecule is CCCn1c(CCCNC)nc2ccccc21. The van der Waals surface area contributed by atoms with Crippen molar-refractivity contribution in [3.8, 4) is 0 Å². The summed E-state index contributed by atoms with van der Waals surface area (Å²) in [6, 6.07) is 8.42.